The van der Waals surface area contributed by atoms with Gasteiger partial charge >= 0.3 is 0 Å². The number of pyridine rings is 1. The molecule has 0 atom stereocenters. The molecule has 2 N–H and O–H groups in total. The lowest BCUT2D eigenvalue weighted by Gasteiger charge is -2.09. The van der Waals surface area contributed by atoms with Crippen LogP contribution >= 0.6 is 0 Å². The fourth-order valence-corrected chi connectivity index (χ4v) is 2.66. The van der Waals surface area contributed by atoms with E-state index >= 15 is 0 Å². The first kappa shape index (κ1) is 17.7. The second-order valence-electron chi connectivity index (χ2n) is 6.00. The number of nitrogens with zero attached hydrogens (tertiary/aromatic N) is 5. The molecule has 4 aromatic rings. The summed E-state index contributed by atoms with van der Waals surface area (Å²) in [6.45, 7) is 0.522. The zero-order valence-corrected chi connectivity index (χ0v) is 14.9. The van der Waals surface area contributed by atoms with Crippen LogP contribution in [0, 0.1) is 5.82 Å². The molecule has 1 aromatic carbocycles. The maximum atomic E-state index is 13.8. The minimum absolute atomic E-state index is 0.298. The Morgan fingerprint density at radius 3 is 2.64 bits per heavy atom. The van der Waals surface area contributed by atoms with E-state index in [0.29, 0.717) is 41.7 Å². The Hall–Kier alpha value is -3.65. The maximum Gasteiger partial charge on any atom is 0.165 e. The van der Waals surface area contributed by atoms with Gasteiger partial charge in [0.2, 0.25) is 0 Å². The monoisotopic (exact) mass is 376 g/mol. The van der Waals surface area contributed by atoms with Gasteiger partial charge in [-0.2, -0.15) is 5.10 Å². The standard InChI is InChI=1S/C20H17FN6O/c21-15-4-5-17(20-24-10-14(6-7-22)11-25-20)18(9-15)28-16-12-26-27(13-16)19-3-1-2-8-23-19/h1-5,8-13H,6-7,22H2. The van der Waals surface area contributed by atoms with Crippen LogP contribution in [0.1, 0.15) is 5.56 Å². The zero-order valence-electron chi connectivity index (χ0n) is 14.9. The molecule has 3 heterocycles. The molecule has 3 aromatic heterocycles. The predicted octanol–water partition coefficient (Wildman–Crippen LogP) is 3.16. The van der Waals surface area contributed by atoms with Gasteiger partial charge in [-0.3, -0.25) is 0 Å². The van der Waals surface area contributed by atoms with Crippen molar-refractivity contribution in [1.29, 1.82) is 0 Å². The summed E-state index contributed by atoms with van der Waals surface area (Å²) < 4.78 is 21.3. The fourth-order valence-electron chi connectivity index (χ4n) is 2.66. The maximum absolute atomic E-state index is 13.8. The van der Waals surface area contributed by atoms with Crippen LogP contribution in [0.4, 0.5) is 4.39 Å². The Kier molecular flexibility index (Phi) is 5.03. The van der Waals surface area contributed by atoms with Gasteiger partial charge in [-0.1, -0.05) is 6.07 Å². The average molecular weight is 376 g/mol. The van der Waals surface area contributed by atoms with E-state index in [1.54, 1.807) is 35.5 Å². The highest BCUT2D eigenvalue weighted by Gasteiger charge is 2.13. The van der Waals surface area contributed by atoms with Crippen LogP contribution in [-0.4, -0.2) is 31.3 Å². The molecule has 0 unspecified atom stereocenters. The Labute approximate surface area is 160 Å². The number of aromatic nitrogens is 5. The molecule has 7 nitrogen and oxygen atoms in total. The quantitative estimate of drug-likeness (QED) is 0.556. The predicted molar refractivity (Wildman–Crippen MR) is 102 cm³/mol. The molecule has 0 saturated heterocycles. The molecule has 0 aliphatic carbocycles. The van der Waals surface area contributed by atoms with E-state index in [0.717, 1.165) is 5.56 Å². The Morgan fingerprint density at radius 1 is 1.04 bits per heavy atom. The van der Waals surface area contributed by atoms with Crippen molar-refractivity contribution in [2.24, 2.45) is 5.73 Å². The van der Waals surface area contributed by atoms with Crippen LogP contribution in [0.5, 0.6) is 11.5 Å². The largest absolute Gasteiger partial charge is 0.453 e. The summed E-state index contributed by atoms with van der Waals surface area (Å²) >= 11 is 0. The van der Waals surface area contributed by atoms with E-state index in [4.69, 9.17) is 10.5 Å². The third kappa shape index (κ3) is 3.86. The minimum Gasteiger partial charge on any atom is -0.453 e. The van der Waals surface area contributed by atoms with Crippen LogP contribution in [0.25, 0.3) is 17.2 Å². The van der Waals surface area contributed by atoms with Crippen molar-refractivity contribution in [2.75, 3.05) is 6.54 Å². The molecule has 0 spiro atoms. The van der Waals surface area contributed by atoms with Crippen molar-refractivity contribution in [2.45, 2.75) is 6.42 Å². The molecule has 4 rings (SSSR count). The fraction of sp³-hybridized carbons (Fsp3) is 0.100. The molecule has 0 aliphatic rings. The lowest BCUT2D eigenvalue weighted by Crippen LogP contribution is -2.04. The highest BCUT2D eigenvalue weighted by molar-refractivity contribution is 5.64. The van der Waals surface area contributed by atoms with E-state index in [-0.39, 0.29) is 0 Å². The molecule has 0 saturated carbocycles. The average Bonchev–Trinajstić information content (AvgIpc) is 3.18. The van der Waals surface area contributed by atoms with Gasteiger partial charge in [-0.15, -0.1) is 0 Å². The number of hydrogen-bond acceptors (Lipinski definition) is 6. The van der Waals surface area contributed by atoms with Crippen molar-refractivity contribution < 1.29 is 9.13 Å². The number of benzene rings is 1. The smallest absolute Gasteiger partial charge is 0.165 e. The molecule has 0 amide bonds. The molecule has 0 bridgehead atoms. The van der Waals surface area contributed by atoms with Gasteiger partial charge < -0.3 is 10.5 Å². The molecular formula is C20H17FN6O. The van der Waals surface area contributed by atoms with Gasteiger partial charge in [0.05, 0.1) is 18.0 Å². The molecule has 0 aliphatic heterocycles. The van der Waals surface area contributed by atoms with Gasteiger partial charge in [0.1, 0.15) is 11.6 Å². The van der Waals surface area contributed by atoms with Gasteiger partial charge in [0.15, 0.2) is 17.4 Å². The minimum atomic E-state index is -0.421. The van der Waals surface area contributed by atoms with E-state index in [1.165, 1.54) is 18.3 Å². The second kappa shape index (κ2) is 7.93. The Morgan fingerprint density at radius 2 is 1.89 bits per heavy atom. The van der Waals surface area contributed by atoms with Crippen LogP contribution in [-0.2, 0) is 6.42 Å². The lowest BCUT2D eigenvalue weighted by molar-refractivity contribution is 0.478. The normalized spacial score (nSPS) is 10.8. The lowest BCUT2D eigenvalue weighted by atomic mass is 10.1. The number of nitrogens with two attached hydrogens (primary N) is 1. The SMILES string of the molecule is NCCc1cnc(-c2ccc(F)cc2Oc2cnn(-c3ccccn3)c2)nc1. The van der Waals surface area contributed by atoms with Crippen molar-refractivity contribution in [1.82, 2.24) is 24.7 Å². The van der Waals surface area contributed by atoms with Gasteiger partial charge in [0, 0.05) is 24.7 Å². The summed E-state index contributed by atoms with van der Waals surface area (Å²) in [7, 11) is 0. The third-order valence-corrected chi connectivity index (χ3v) is 3.99. The number of rotatable bonds is 6. The summed E-state index contributed by atoms with van der Waals surface area (Å²) in [6.07, 6.45) is 8.99. The first-order chi connectivity index (χ1) is 13.7. The first-order valence-corrected chi connectivity index (χ1v) is 8.68. The van der Waals surface area contributed by atoms with E-state index < -0.39 is 5.82 Å². The molecule has 8 heteroatoms. The Balaban J connectivity index is 1.63. The molecule has 140 valence electrons. The summed E-state index contributed by atoms with van der Waals surface area (Å²) in [5.74, 6) is 1.41. The van der Waals surface area contributed by atoms with E-state index in [2.05, 4.69) is 20.1 Å². The van der Waals surface area contributed by atoms with Crippen LogP contribution < -0.4 is 10.5 Å². The second-order valence-corrected chi connectivity index (χ2v) is 6.00. The summed E-state index contributed by atoms with van der Waals surface area (Å²) in [5, 5.41) is 4.23. The first-order valence-electron chi connectivity index (χ1n) is 8.68. The number of halogens is 1. The number of ether oxygens (including phenoxy) is 1. The van der Waals surface area contributed by atoms with Crippen LogP contribution in [0.15, 0.2) is 67.4 Å². The molecular weight excluding hydrogens is 359 g/mol. The molecule has 0 fully saturated rings. The van der Waals surface area contributed by atoms with Gasteiger partial charge in [-0.25, -0.2) is 24.0 Å². The van der Waals surface area contributed by atoms with E-state index in [9.17, 15) is 4.39 Å². The van der Waals surface area contributed by atoms with Crippen molar-refractivity contribution in [3.05, 3.63) is 78.8 Å². The van der Waals surface area contributed by atoms with E-state index in [1.807, 2.05) is 18.2 Å². The highest BCUT2D eigenvalue weighted by Crippen LogP contribution is 2.32. The number of hydrogen-bond donors (Lipinski definition) is 1. The van der Waals surface area contributed by atoms with Crippen molar-refractivity contribution in [3.63, 3.8) is 0 Å². The van der Waals surface area contributed by atoms with Gasteiger partial charge in [0.25, 0.3) is 0 Å². The van der Waals surface area contributed by atoms with Gasteiger partial charge in [-0.05, 0) is 42.8 Å². The zero-order chi connectivity index (χ0) is 19.3. The summed E-state index contributed by atoms with van der Waals surface area (Å²) in [4.78, 5) is 12.9. The molecule has 28 heavy (non-hydrogen) atoms. The summed E-state index contributed by atoms with van der Waals surface area (Å²) in [6, 6.07) is 9.73. The topological polar surface area (TPSA) is 91.7 Å². The van der Waals surface area contributed by atoms with Crippen LogP contribution in [0.3, 0.4) is 0 Å². The Bertz CT molecular complexity index is 1070. The van der Waals surface area contributed by atoms with Crippen molar-refractivity contribution >= 4 is 0 Å². The van der Waals surface area contributed by atoms with Crippen molar-refractivity contribution in [3.8, 4) is 28.7 Å². The highest BCUT2D eigenvalue weighted by atomic mass is 19.1. The van der Waals surface area contributed by atoms with Crippen LogP contribution in [0.2, 0.25) is 0 Å². The molecule has 0 radical (unpaired) electrons. The third-order valence-electron chi connectivity index (χ3n) is 3.99. The summed E-state index contributed by atoms with van der Waals surface area (Å²) in [5.41, 5.74) is 7.06.